The first kappa shape index (κ1) is 16.9. The highest BCUT2D eigenvalue weighted by atomic mass is 32.2. The Kier molecular flexibility index (Phi) is 5.15. The van der Waals surface area contributed by atoms with Crippen LogP contribution in [0.5, 0.6) is 0 Å². The molecule has 24 heavy (non-hydrogen) atoms. The molecule has 3 heterocycles. The van der Waals surface area contributed by atoms with Gasteiger partial charge in [-0.1, -0.05) is 0 Å². The number of unbranched alkanes of at least 4 members (excludes halogenated alkanes) is 1. The van der Waals surface area contributed by atoms with Crippen LogP contribution in [0.1, 0.15) is 19.1 Å². The highest BCUT2D eigenvalue weighted by Gasteiger charge is 2.44. The van der Waals surface area contributed by atoms with Gasteiger partial charge in [-0.05, 0) is 12.2 Å². The molecule has 10 heteroatoms. The Morgan fingerprint density at radius 2 is 2.17 bits per heavy atom. The van der Waals surface area contributed by atoms with Gasteiger partial charge in [0.2, 0.25) is 0 Å². The van der Waals surface area contributed by atoms with Crippen molar-refractivity contribution in [2.75, 3.05) is 17.2 Å². The van der Waals surface area contributed by atoms with Gasteiger partial charge < -0.3 is 20.7 Å². The summed E-state index contributed by atoms with van der Waals surface area (Å²) >= 11 is 1.58. The monoisotopic (exact) mass is 350 g/mol. The molecule has 3 rings (SSSR count). The number of rotatable bonds is 6. The molecule has 0 aromatic carbocycles. The van der Waals surface area contributed by atoms with E-state index in [0.29, 0.717) is 23.3 Å². The lowest BCUT2D eigenvalue weighted by Crippen LogP contribution is -2.32. The molecule has 4 N–H and O–H groups in total. The normalized spacial score (nSPS) is 26.7. The van der Waals surface area contributed by atoms with E-state index in [1.165, 1.54) is 12.7 Å². The number of ether oxygens (including phenoxy) is 1. The summed E-state index contributed by atoms with van der Waals surface area (Å²) in [6, 6.07) is 2.09. The zero-order valence-electron chi connectivity index (χ0n) is 12.8. The van der Waals surface area contributed by atoms with Crippen LogP contribution in [0.15, 0.2) is 12.7 Å². The molecule has 0 unspecified atom stereocenters. The van der Waals surface area contributed by atoms with E-state index in [2.05, 4.69) is 21.0 Å². The summed E-state index contributed by atoms with van der Waals surface area (Å²) in [6.07, 6.45) is 0.693. The van der Waals surface area contributed by atoms with Crippen LogP contribution in [0.2, 0.25) is 0 Å². The summed E-state index contributed by atoms with van der Waals surface area (Å²) in [6.45, 7) is 0. The number of nitrogens with zero attached hydrogens (tertiary/aromatic N) is 5. The van der Waals surface area contributed by atoms with Crippen LogP contribution in [-0.2, 0) is 4.74 Å². The van der Waals surface area contributed by atoms with E-state index < -0.39 is 24.5 Å². The van der Waals surface area contributed by atoms with E-state index in [0.717, 1.165) is 12.2 Å². The highest BCUT2D eigenvalue weighted by molar-refractivity contribution is 7.99. The molecular formula is C14H18N6O3S. The predicted octanol–water partition coefficient (Wildman–Crippen LogP) is 0.0647. The summed E-state index contributed by atoms with van der Waals surface area (Å²) in [5, 5.41) is 29.1. The number of aromatic nitrogens is 4. The summed E-state index contributed by atoms with van der Waals surface area (Å²) < 4.78 is 7.38. The lowest BCUT2D eigenvalue weighted by Gasteiger charge is -2.16. The van der Waals surface area contributed by atoms with Gasteiger partial charge in [-0.2, -0.15) is 17.0 Å². The highest BCUT2D eigenvalue weighted by Crippen LogP contribution is 2.33. The quantitative estimate of drug-likeness (QED) is 0.616. The number of imidazole rings is 1. The SMILES string of the molecule is N#CCCCSC[C@H]1O[C@@H](n2cnc3c(N)ncnc32)[C@H](O)[C@@H]1O. The van der Waals surface area contributed by atoms with E-state index in [-0.39, 0.29) is 5.82 Å². The number of hydrogen-bond donors (Lipinski definition) is 3. The van der Waals surface area contributed by atoms with Crippen LogP contribution in [0.3, 0.4) is 0 Å². The maximum Gasteiger partial charge on any atom is 0.167 e. The molecule has 0 aliphatic carbocycles. The summed E-state index contributed by atoms with van der Waals surface area (Å²) in [7, 11) is 0. The predicted molar refractivity (Wildman–Crippen MR) is 87.8 cm³/mol. The Morgan fingerprint density at radius 3 is 2.96 bits per heavy atom. The number of nitrogens with two attached hydrogens (primary N) is 1. The van der Waals surface area contributed by atoms with Gasteiger partial charge >= 0.3 is 0 Å². The maximum atomic E-state index is 10.3. The maximum absolute atomic E-state index is 10.3. The van der Waals surface area contributed by atoms with Crippen molar-refractivity contribution in [2.45, 2.75) is 37.4 Å². The van der Waals surface area contributed by atoms with Crippen LogP contribution in [-0.4, -0.2) is 59.5 Å². The first-order valence-electron chi connectivity index (χ1n) is 7.52. The molecule has 0 bridgehead atoms. The number of aliphatic hydroxyl groups excluding tert-OH is 2. The Hall–Kier alpha value is -1.93. The molecule has 1 saturated heterocycles. The topological polar surface area (TPSA) is 143 Å². The van der Waals surface area contributed by atoms with Crippen molar-refractivity contribution in [1.29, 1.82) is 5.26 Å². The lowest BCUT2D eigenvalue weighted by molar-refractivity contribution is -0.0289. The van der Waals surface area contributed by atoms with E-state index in [9.17, 15) is 10.2 Å². The molecule has 4 atom stereocenters. The number of anilines is 1. The number of thioether (sulfide) groups is 1. The number of aliphatic hydroxyl groups is 2. The third-order valence-corrected chi connectivity index (χ3v) is 5.00. The van der Waals surface area contributed by atoms with Gasteiger partial charge in [-0.25, -0.2) is 15.0 Å². The molecule has 9 nitrogen and oxygen atoms in total. The van der Waals surface area contributed by atoms with Gasteiger partial charge in [0, 0.05) is 12.2 Å². The van der Waals surface area contributed by atoms with Gasteiger partial charge in [0.05, 0.1) is 18.5 Å². The summed E-state index contributed by atoms with van der Waals surface area (Å²) in [4.78, 5) is 12.1. The molecule has 0 spiro atoms. The van der Waals surface area contributed by atoms with Crippen molar-refractivity contribution in [1.82, 2.24) is 19.5 Å². The molecule has 0 amide bonds. The average molecular weight is 350 g/mol. The first-order valence-corrected chi connectivity index (χ1v) is 8.68. The van der Waals surface area contributed by atoms with Crippen molar-refractivity contribution >= 4 is 28.7 Å². The summed E-state index contributed by atoms with van der Waals surface area (Å²) in [5.74, 6) is 1.58. The van der Waals surface area contributed by atoms with Gasteiger partial charge in [0.15, 0.2) is 17.7 Å². The van der Waals surface area contributed by atoms with Gasteiger partial charge in [0.1, 0.15) is 24.1 Å². The van der Waals surface area contributed by atoms with E-state index in [1.54, 1.807) is 16.3 Å². The summed E-state index contributed by atoms with van der Waals surface area (Å²) in [5.41, 5.74) is 6.63. The number of fused-ring (bicyclic) bond motifs is 1. The van der Waals surface area contributed by atoms with Crippen LogP contribution in [0.4, 0.5) is 5.82 Å². The van der Waals surface area contributed by atoms with Gasteiger partial charge in [-0.3, -0.25) is 4.57 Å². The molecule has 1 fully saturated rings. The molecule has 1 aliphatic heterocycles. The van der Waals surface area contributed by atoms with E-state index in [1.807, 2.05) is 0 Å². The van der Waals surface area contributed by atoms with Crippen molar-refractivity contribution in [3.8, 4) is 6.07 Å². The zero-order valence-corrected chi connectivity index (χ0v) is 13.6. The third kappa shape index (κ3) is 3.16. The number of hydrogen-bond acceptors (Lipinski definition) is 9. The second kappa shape index (κ2) is 7.31. The van der Waals surface area contributed by atoms with Gasteiger partial charge in [0.25, 0.3) is 0 Å². The molecule has 128 valence electrons. The van der Waals surface area contributed by atoms with E-state index >= 15 is 0 Å². The Labute approximate surface area is 142 Å². The van der Waals surface area contributed by atoms with E-state index in [4.69, 9.17) is 15.7 Å². The van der Waals surface area contributed by atoms with Crippen molar-refractivity contribution in [2.24, 2.45) is 0 Å². The second-order valence-corrected chi connectivity index (χ2v) is 6.62. The minimum Gasteiger partial charge on any atom is -0.387 e. The van der Waals surface area contributed by atoms with Crippen LogP contribution in [0, 0.1) is 11.3 Å². The Bertz CT molecular complexity index is 748. The fraction of sp³-hybridized carbons (Fsp3) is 0.571. The largest absolute Gasteiger partial charge is 0.387 e. The van der Waals surface area contributed by atoms with Crippen molar-refractivity contribution in [3.63, 3.8) is 0 Å². The third-order valence-electron chi connectivity index (χ3n) is 3.86. The van der Waals surface area contributed by atoms with Crippen LogP contribution < -0.4 is 5.73 Å². The molecule has 0 saturated carbocycles. The minimum atomic E-state index is -1.09. The fourth-order valence-corrected chi connectivity index (χ4v) is 3.63. The molecule has 2 aromatic heterocycles. The standard InChI is InChI=1S/C14H18N6O3S/c15-3-1-2-4-24-5-8-10(21)11(22)14(23-8)20-7-19-9-12(16)17-6-18-13(9)20/h6-8,10-11,14,21-22H,1-2,4-5H2,(H2,16,17,18)/t8-,10-,11-,14-/m1/s1. The number of nitrogen functional groups attached to an aromatic ring is 1. The van der Waals surface area contributed by atoms with Crippen LogP contribution >= 0.6 is 11.8 Å². The second-order valence-electron chi connectivity index (χ2n) is 5.47. The molecule has 1 aliphatic rings. The molecular weight excluding hydrogens is 332 g/mol. The number of nitriles is 1. The minimum absolute atomic E-state index is 0.247. The fourth-order valence-electron chi connectivity index (χ4n) is 2.61. The van der Waals surface area contributed by atoms with Crippen molar-refractivity contribution < 1.29 is 14.9 Å². The van der Waals surface area contributed by atoms with Crippen molar-refractivity contribution in [3.05, 3.63) is 12.7 Å². The Morgan fingerprint density at radius 1 is 1.33 bits per heavy atom. The Balaban J connectivity index is 1.70. The smallest absolute Gasteiger partial charge is 0.167 e. The average Bonchev–Trinajstić information content (AvgIpc) is 3.12. The van der Waals surface area contributed by atoms with Gasteiger partial charge in [-0.15, -0.1) is 0 Å². The zero-order chi connectivity index (χ0) is 17.1. The first-order chi connectivity index (χ1) is 11.6. The lowest BCUT2D eigenvalue weighted by atomic mass is 10.1. The molecule has 2 aromatic rings. The molecule has 0 radical (unpaired) electrons. The van der Waals surface area contributed by atoms with Crippen LogP contribution in [0.25, 0.3) is 11.2 Å².